The number of hydrogen-bond acceptors (Lipinski definition) is 10. The maximum Gasteiger partial charge on any atom is 0.338 e. The number of rotatable bonds is 8. The van der Waals surface area contributed by atoms with Gasteiger partial charge in [-0.15, -0.1) is 0 Å². The van der Waals surface area contributed by atoms with Crippen LogP contribution >= 0.6 is 0 Å². The minimum absolute atomic E-state index is 0.0338. The van der Waals surface area contributed by atoms with Crippen LogP contribution < -0.4 is 0 Å². The van der Waals surface area contributed by atoms with Gasteiger partial charge in [0.2, 0.25) is 0 Å². The Labute approximate surface area is 272 Å². The molecule has 0 aromatic heterocycles. The molecule has 1 aliphatic heterocycles. The summed E-state index contributed by atoms with van der Waals surface area (Å²) >= 11 is 0. The van der Waals surface area contributed by atoms with E-state index in [0.29, 0.717) is 17.6 Å². The number of carbonyl (C=O) groups excluding carboxylic acids is 3. The summed E-state index contributed by atoms with van der Waals surface area (Å²) in [6, 6.07) is 11.0. The molecule has 1 aromatic carbocycles. The average Bonchev–Trinajstić information content (AvgIpc) is 3.02. The monoisotopic (exact) mass is 655 g/mol. The summed E-state index contributed by atoms with van der Waals surface area (Å²) in [6.45, 7) is 14.9. The molecule has 1 saturated heterocycles. The maximum absolute atomic E-state index is 15.1. The second-order valence-corrected chi connectivity index (χ2v) is 19.1. The van der Waals surface area contributed by atoms with E-state index in [9.17, 15) is 19.9 Å². The lowest BCUT2D eigenvalue weighted by Gasteiger charge is -2.67. The van der Waals surface area contributed by atoms with Gasteiger partial charge in [0.15, 0.2) is 13.9 Å². The Morgan fingerprint density at radius 1 is 1.09 bits per heavy atom. The topological polar surface area (TPSA) is 141 Å². The lowest BCUT2D eigenvalue weighted by atomic mass is 9.45. The molecule has 4 aliphatic rings. The summed E-state index contributed by atoms with van der Waals surface area (Å²) in [5, 5.41) is 26.8. The third-order valence-electron chi connectivity index (χ3n) is 12.2. The van der Waals surface area contributed by atoms with Crippen LogP contribution in [0.1, 0.15) is 85.0 Å². The number of esters is 2. The number of nitrogens with zero attached hydrogens (tertiary/aromatic N) is 1. The zero-order chi connectivity index (χ0) is 33.9. The smallest absolute Gasteiger partial charge is 0.338 e. The Bertz CT molecular complexity index is 1440. The van der Waals surface area contributed by atoms with Crippen LogP contribution in [0.15, 0.2) is 46.6 Å². The highest BCUT2D eigenvalue weighted by molar-refractivity contribution is 6.73. The summed E-state index contributed by atoms with van der Waals surface area (Å²) in [5.74, 6) is -2.49. The van der Waals surface area contributed by atoms with Crippen molar-refractivity contribution in [2.45, 2.75) is 122 Å². The molecule has 0 spiro atoms. The normalized spacial score (nSPS) is 36.1. The summed E-state index contributed by atoms with van der Waals surface area (Å²) in [6.07, 6.45) is -2.61. The van der Waals surface area contributed by atoms with Crippen LogP contribution in [-0.4, -0.2) is 78.2 Å². The summed E-state index contributed by atoms with van der Waals surface area (Å²) in [7, 11) is -2.33. The molecular weight excluding hydrogens is 606 g/mol. The molecule has 0 radical (unpaired) electrons. The third kappa shape index (κ3) is 4.91. The van der Waals surface area contributed by atoms with Gasteiger partial charge in [0.1, 0.15) is 23.6 Å². The number of hydrogen-bond donors (Lipinski definition) is 2. The largest absolute Gasteiger partial charge is 0.455 e. The number of carbonyl (C=O) groups is 3. The van der Waals surface area contributed by atoms with Crippen molar-refractivity contribution in [1.82, 2.24) is 0 Å². The molecule has 11 heteroatoms. The van der Waals surface area contributed by atoms with Crippen molar-refractivity contribution < 1.29 is 43.3 Å². The van der Waals surface area contributed by atoms with Crippen LogP contribution in [0.4, 0.5) is 0 Å². The standard InChI is InChI=1S/C35H49NO9Si/c1-9-46(10-2,11-3)45-27-18-28-34(20-42-28,44-22(5)37)29-30(43-31(39)23-15-13-12-14-16-23)35(40)19-25(36-41)21(4)24(32(35,6)7)17-26(38)33(27,29)8/h12-16,27-30,40-41H,9-11,17-20H2,1-8H3/b36-25+/t27-,28+,29-,30-,33+,34-,35+/m0/s1. The number of ketones is 1. The predicted molar refractivity (Wildman–Crippen MR) is 173 cm³/mol. The van der Waals surface area contributed by atoms with E-state index in [2.05, 4.69) is 25.9 Å². The molecular formula is C35H49NO9Si. The second-order valence-electron chi connectivity index (χ2n) is 14.4. The van der Waals surface area contributed by atoms with Gasteiger partial charge in [0.05, 0.1) is 35.3 Å². The SMILES string of the molecule is CC[Si](CC)(CC)O[C@H]1C[C@H]2OC[C@@]2(OC(C)=O)[C@H]2[C@H](OC(=O)c3ccccc3)[C@]3(O)C/C(=N\O)C(C)=C(CC(=O)[C@]12C)C3(C)C. The Morgan fingerprint density at radius 3 is 2.24 bits per heavy atom. The average molecular weight is 656 g/mol. The maximum atomic E-state index is 15.1. The molecule has 2 saturated carbocycles. The van der Waals surface area contributed by atoms with Crippen molar-refractivity contribution in [2.24, 2.45) is 21.9 Å². The molecule has 1 heterocycles. The summed E-state index contributed by atoms with van der Waals surface area (Å²) in [4.78, 5) is 42.0. The van der Waals surface area contributed by atoms with Crippen LogP contribution in [-0.2, 0) is 28.2 Å². The van der Waals surface area contributed by atoms with Gasteiger partial charge in [-0.3, -0.25) is 9.59 Å². The molecule has 7 atom stereocenters. The molecule has 10 nitrogen and oxygen atoms in total. The minimum atomic E-state index is -2.33. The molecule has 0 unspecified atom stereocenters. The number of fused-ring (bicyclic) bond motifs is 5. The molecule has 3 aliphatic carbocycles. The van der Waals surface area contributed by atoms with Crippen molar-refractivity contribution >= 4 is 31.8 Å². The van der Waals surface area contributed by atoms with Crippen LogP contribution in [0.3, 0.4) is 0 Å². The van der Waals surface area contributed by atoms with Gasteiger partial charge in [-0.2, -0.15) is 0 Å². The van der Waals surface area contributed by atoms with Crippen molar-refractivity contribution in [2.75, 3.05) is 6.61 Å². The Hall–Kier alpha value is -2.86. The van der Waals surface area contributed by atoms with Crippen molar-refractivity contribution in [3.63, 3.8) is 0 Å². The van der Waals surface area contributed by atoms with E-state index < -0.39 is 66.5 Å². The highest BCUT2D eigenvalue weighted by atomic mass is 28.4. The van der Waals surface area contributed by atoms with E-state index in [1.54, 1.807) is 37.3 Å². The number of Topliss-reactive ketones (excluding diaryl/α,β-unsaturated/α-hetero) is 1. The predicted octanol–water partition coefficient (Wildman–Crippen LogP) is 5.61. The molecule has 46 heavy (non-hydrogen) atoms. The molecule has 1 aromatic rings. The Balaban J connectivity index is 1.83. The number of aliphatic hydroxyl groups is 1. The molecule has 0 amide bonds. The van der Waals surface area contributed by atoms with E-state index in [1.807, 2.05) is 20.8 Å². The van der Waals surface area contributed by atoms with Gasteiger partial charge >= 0.3 is 11.9 Å². The van der Waals surface area contributed by atoms with E-state index in [-0.39, 0.29) is 36.5 Å². The van der Waals surface area contributed by atoms with Gasteiger partial charge in [-0.25, -0.2) is 4.79 Å². The lowest BCUT2D eigenvalue weighted by Crippen LogP contribution is -2.81. The first kappa shape index (κ1) is 34.5. The van der Waals surface area contributed by atoms with E-state index in [4.69, 9.17) is 18.6 Å². The quantitative estimate of drug-likeness (QED) is 0.158. The van der Waals surface area contributed by atoms with Gasteiger partial charge in [0, 0.05) is 31.6 Å². The molecule has 2 N–H and O–H groups in total. The lowest BCUT2D eigenvalue weighted by molar-refractivity contribution is -0.341. The fourth-order valence-electron chi connectivity index (χ4n) is 8.88. The van der Waals surface area contributed by atoms with E-state index in [0.717, 1.165) is 18.1 Å². The Morgan fingerprint density at radius 2 is 1.72 bits per heavy atom. The van der Waals surface area contributed by atoms with Crippen LogP contribution in [0.5, 0.6) is 0 Å². The number of ether oxygens (including phenoxy) is 3. The van der Waals surface area contributed by atoms with Gasteiger partial charge in [-0.05, 0) is 55.3 Å². The Kier molecular flexibility index (Phi) is 8.98. The summed E-state index contributed by atoms with van der Waals surface area (Å²) < 4.78 is 26.0. The zero-order valence-electron chi connectivity index (χ0n) is 28.3. The van der Waals surface area contributed by atoms with Gasteiger partial charge in [-0.1, -0.05) is 58.0 Å². The fraction of sp³-hybridized carbons (Fsp3) is 0.657. The minimum Gasteiger partial charge on any atom is -0.455 e. The highest BCUT2D eigenvalue weighted by Gasteiger charge is 2.77. The van der Waals surface area contributed by atoms with Crippen LogP contribution in [0, 0.1) is 16.7 Å². The first-order valence-corrected chi connectivity index (χ1v) is 19.1. The van der Waals surface area contributed by atoms with Gasteiger partial charge in [0.25, 0.3) is 0 Å². The van der Waals surface area contributed by atoms with Crippen molar-refractivity contribution in [1.29, 1.82) is 0 Å². The number of oxime groups is 1. The van der Waals surface area contributed by atoms with Gasteiger partial charge < -0.3 is 29.0 Å². The number of benzene rings is 1. The zero-order valence-corrected chi connectivity index (χ0v) is 29.3. The van der Waals surface area contributed by atoms with Crippen molar-refractivity contribution in [3.05, 3.63) is 47.0 Å². The molecule has 2 bridgehead atoms. The molecule has 5 rings (SSSR count). The number of allylic oxidation sites excluding steroid dienone is 1. The second kappa shape index (κ2) is 12.0. The van der Waals surface area contributed by atoms with Crippen LogP contribution in [0.25, 0.3) is 0 Å². The third-order valence-corrected chi connectivity index (χ3v) is 16.9. The summed E-state index contributed by atoms with van der Waals surface area (Å²) in [5.41, 5.74) is -4.06. The molecule has 3 fully saturated rings. The fourth-order valence-corrected chi connectivity index (χ4v) is 11.8. The van der Waals surface area contributed by atoms with E-state index >= 15 is 4.79 Å². The first-order chi connectivity index (χ1) is 21.6. The van der Waals surface area contributed by atoms with E-state index in [1.165, 1.54) is 6.92 Å². The molecule has 252 valence electrons. The first-order valence-electron chi connectivity index (χ1n) is 16.5. The van der Waals surface area contributed by atoms with Crippen molar-refractivity contribution in [3.8, 4) is 0 Å². The van der Waals surface area contributed by atoms with Crippen LogP contribution in [0.2, 0.25) is 18.1 Å². The highest BCUT2D eigenvalue weighted by Crippen LogP contribution is 2.64.